The Morgan fingerprint density at radius 3 is 3.04 bits per heavy atom. The smallest absolute Gasteiger partial charge is 0.228 e. The van der Waals surface area contributed by atoms with Crippen LogP contribution in [-0.4, -0.2) is 48.9 Å². The maximum atomic E-state index is 6.01. The number of rotatable bonds is 11. The maximum absolute atomic E-state index is 6.01. The third-order valence-electron chi connectivity index (χ3n) is 4.29. The molecule has 0 spiro atoms. The first-order chi connectivity index (χ1) is 13.7. The average molecular weight is 406 g/mol. The highest BCUT2D eigenvalue weighted by atomic mass is 35.5. The number of aromatic nitrogens is 2. The van der Waals surface area contributed by atoms with Crippen LogP contribution >= 0.6 is 11.6 Å². The minimum Gasteiger partial charge on any atom is -0.381 e. The summed E-state index contributed by atoms with van der Waals surface area (Å²) in [5.74, 6) is 2.72. The van der Waals surface area contributed by atoms with Crippen molar-refractivity contribution in [3.05, 3.63) is 35.2 Å². The lowest BCUT2D eigenvalue weighted by Gasteiger charge is -2.10. The van der Waals surface area contributed by atoms with Crippen molar-refractivity contribution in [3.63, 3.8) is 0 Å². The molecule has 0 radical (unpaired) electrons. The third-order valence-corrected chi connectivity index (χ3v) is 4.53. The summed E-state index contributed by atoms with van der Waals surface area (Å²) in [5, 5.41) is 11.2. The molecule has 0 atom stereocenters. The van der Waals surface area contributed by atoms with Gasteiger partial charge in [-0.25, -0.2) is 0 Å². The van der Waals surface area contributed by atoms with Crippen molar-refractivity contribution < 1.29 is 9.26 Å². The Kier molecular flexibility index (Phi) is 8.11. The summed E-state index contributed by atoms with van der Waals surface area (Å²) < 4.78 is 11.0. The predicted molar refractivity (Wildman–Crippen MR) is 111 cm³/mol. The van der Waals surface area contributed by atoms with Gasteiger partial charge in [0.1, 0.15) is 0 Å². The molecule has 152 valence electrons. The standard InChI is InChI=1S/C20H28ClN5O2/c1-2-22-20(23-10-4-12-27-14-15-7-8-15)24-11-9-18-25-19(26-28-18)16-5-3-6-17(21)13-16/h3,5-6,13,15H,2,4,7-12,14H2,1H3,(H2,22,23,24). The molecule has 8 heteroatoms. The average Bonchev–Trinajstić information content (AvgIpc) is 3.40. The van der Waals surface area contributed by atoms with Gasteiger partial charge >= 0.3 is 0 Å². The highest BCUT2D eigenvalue weighted by Gasteiger charge is 2.20. The van der Waals surface area contributed by atoms with E-state index in [-0.39, 0.29) is 0 Å². The molecule has 7 nitrogen and oxygen atoms in total. The van der Waals surface area contributed by atoms with Gasteiger partial charge in [0.25, 0.3) is 0 Å². The number of hydrogen-bond acceptors (Lipinski definition) is 5. The zero-order chi connectivity index (χ0) is 19.6. The molecule has 2 aromatic rings. The van der Waals surface area contributed by atoms with Crippen LogP contribution in [0.3, 0.4) is 0 Å². The SMILES string of the molecule is CCNC(=NCCCOCC1CC1)NCCc1nc(-c2cccc(Cl)c2)no1. The van der Waals surface area contributed by atoms with Crippen molar-refractivity contribution in [3.8, 4) is 11.4 Å². The molecule has 1 aromatic heterocycles. The molecule has 1 heterocycles. The van der Waals surface area contributed by atoms with E-state index in [1.165, 1.54) is 12.8 Å². The molecule has 0 unspecified atom stereocenters. The van der Waals surface area contributed by atoms with Crippen molar-refractivity contribution in [1.82, 2.24) is 20.8 Å². The van der Waals surface area contributed by atoms with E-state index in [1.807, 2.05) is 31.2 Å². The fourth-order valence-corrected chi connectivity index (χ4v) is 2.81. The molecule has 0 bridgehead atoms. The van der Waals surface area contributed by atoms with Gasteiger partial charge in [0.2, 0.25) is 11.7 Å². The number of guanidine groups is 1. The fraction of sp³-hybridized carbons (Fsp3) is 0.550. The topological polar surface area (TPSA) is 84.6 Å². The lowest BCUT2D eigenvalue weighted by Crippen LogP contribution is -2.38. The number of hydrogen-bond donors (Lipinski definition) is 2. The molecular weight excluding hydrogens is 378 g/mol. The number of aliphatic imine (C=N–C) groups is 1. The molecule has 0 aliphatic heterocycles. The second-order valence-electron chi connectivity index (χ2n) is 6.83. The van der Waals surface area contributed by atoms with Gasteiger partial charge in [-0.2, -0.15) is 4.98 Å². The first-order valence-electron chi connectivity index (χ1n) is 9.93. The van der Waals surface area contributed by atoms with Crippen molar-refractivity contribution >= 4 is 17.6 Å². The summed E-state index contributed by atoms with van der Waals surface area (Å²) in [6, 6.07) is 7.41. The molecule has 1 aromatic carbocycles. The lowest BCUT2D eigenvalue weighted by atomic mass is 10.2. The summed E-state index contributed by atoms with van der Waals surface area (Å²) in [6.45, 7) is 5.92. The molecule has 1 saturated carbocycles. The van der Waals surface area contributed by atoms with Crippen molar-refractivity contribution in [2.75, 3.05) is 32.8 Å². The van der Waals surface area contributed by atoms with Crippen LogP contribution in [-0.2, 0) is 11.2 Å². The van der Waals surface area contributed by atoms with E-state index >= 15 is 0 Å². The van der Waals surface area contributed by atoms with Gasteiger partial charge in [-0.15, -0.1) is 0 Å². The molecule has 1 aliphatic carbocycles. The normalized spacial score (nSPS) is 14.3. The third kappa shape index (κ3) is 7.13. The molecule has 1 aliphatic rings. The zero-order valence-electron chi connectivity index (χ0n) is 16.3. The van der Waals surface area contributed by atoms with Crippen LogP contribution in [0.2, 0.25) is 5.02 Å². The Hall–Kier alpha value is -2.12. The number of ether oxygens (including phenoxy) is 1. The van der Waals surface area contributed by atoms with Gasteiger partial charge in [-0.05, 0) is 44.2 Å². The van der Waals surface area contributed by atoms with Gasteiger partial charge in [0.05, 0.1) is 0 Å². The molecule has 1 fully saturated rings. The second kappa shape index (κ2) is 11.0. The summed E-state index contributed by atoms with van der Waals surface area (Å²) >= 11 is 6.01. The van der Waals surface area contributed by atoms with E-state index in [4.69, 9.17) is 20.9 Å². The van der Waals surface area contributed by atoms with Gasteiger partial charge in [0.15, 0.2) is 5.96 Å². The number of nitrogens with zero attached hydrogens (tertiary/aromatic N) is 3. The Morgan fingerprint density at radius 2 is 2.25 bits per heavy atom. The first-order valence-corrected chi connectivity index (χ1v) is 10.3. The van der Waals surface area contributed by atoms with Gasteiger partial charge in [-0.3, -0.25) is 4.99 Å². The van der Waals surface area contributed by atoms with E-state index in [1.54, 1.807) is 0 Å². The predicted octanol–water partition coefficient (Wildman–Crippen LogP) is 3.30. The minimum atomic E-state index is 0.546. The quantitative estimate of drug-likeness (QED) is 0.339. The summed E-state index contributed by atoms with van der Waals surface area (Å²) in [7, 11) is 0. The Labute approximate surface area is 170 Å². The summed E-state index contributed by atoms with van der Waals surface area (Å²) in [6.07, 6.45) is 4.19. The zero-order valence-corrected chi connectivity index (χ0v) is 17.0. The monoisotopic (exact) mass is 405 g/mol. The Morgan fingerprint density at radius 1 is 1.36 bits per heavy atom. The van der Waals surface area contributed by atoms with E-state index in [9.17, 15) is 0 Å². The van der Waals surface area contributed by atoms with Crippen LogP contribution in [0.5, 0.6) is 0 Å². The molecular formula is C20H28ClN5O2. The molecule has 28 heavy (non-hydrogen) atoms. The van der Waals surface area contributed by atoms with Crippen LogP contribution in [0.15, 0.2) is 33.8 Å². The van der Waals surface area contributed by atoms with Crippen molar-refractivity contribution in [1.29, 1.82) is 0 Å². The summed E-state index contributed by atoms with van der Waals surface area (Å²) in [4.78, 5) is 9.00. The van der Waals surface area contributed by atoms with E-state index < -0.39 is 0 Å². The van der Waals surface area contributed by atoms with Gasteiger partial charge in [0, 0.05) is 49.9 Å². The largest absolute Gasteiger partial charge is 0.381 e. The van der Waals surface area contributed by atoms with Crippen LogP contribution in [0, 0.1) is 5.92 Å². The van der Waals surface area contributed by atoms with Crippen LogP contribution < -0.4 is 10.6 Å². The maximum Gasteiger partial charge on any atom is 0.228 e. The number of nitrogens with one attached hydrogen (secondary N) is 2. The number of benzene rings is 1. The minimum absolute atomic E-state index is 0.546. The second-order valence-corrected chi connectivity index (χ2v) is 7.27. The highest BCUT2D eigenvalue weighted by Crippen LogP contribution is 2.28. The fourth-order valence-electron chi connectivity index (χ4n) is 2.62. The van der Waals surface area contributed by atoms with E-state index in [0.717, 1.165) is 50.2 Å². The molecule has 0 saturated heterocycles. The molecule has 2 N–H and O–H groups in total. The van der Waals surface area contributed by atoms with Crippen LogP contribution in [0.25, 0.3) is 11.4 Å². The Balaban J connectivity index is 1.39. The van der Waals surface area contributed by atoms with E-state index in [0.29, 0.717) is 29.7 Å². The first kappa shape index (κ1) is 20.6. The van der Waals surface area contributed by atoms with Crippen LogP contribution in [0.4, 0.5) is 0 Å². The lowest BCUT2D eigenvalue weighted by molar-refractivity contribution is 0.123. The molecule has 3 rings (SSSR count). The van der Waals surface area contributed by atoms with Gasteiger partial charge in [-0.1, -0.05) is 28.9 Å². The van der Waals surface area contributed by atoms with Crippen LogP contribution in [0.1, 0.15) is 32.1 Å². The highest BCUT2D eigenvalue weighted by molar-refractivity contribution is 6.30. The Bertz CT molecular complexity index is 761. The van der Waals surface area contributed by atoms with Crippen molar-refractivity contribution in [2.24, 2.45) is 10.9 Å². The van der Waals surface area contributed by atoms with Gasteiger partial charge < -0.3 is 19.9 Å². The number of halogens is 1. The summed E-state index contributed by atoms with van der Waals surface area (Å²) in [5.41, 5.74) is 0.842. The van der Waals surface area contributed by atoms with Crippen molar-refractivity contribution in [2.45, 2.75) is 32.6 Å². The van der Waals surface area contributed by atoms with E-state index in [2.05, 4.69) is 25.8 Å². The molecule has 0 amide bonds.